The lowest BCUT2D eigenvalue weighted by molar-refractivity contribution is 0.0172. The summed E-state index contributed by atoms with van der Waals surface area (Å²) < 4.78 is 0. The first-order chi connectivity index (χ1) is 14.3. The largest absolute Gasteiger partial charge is 0.380 e. The zero-order valence-corrected chi connectivity index (χ0v) is 16.9. The molecular formula is C23H30N4O2. The van der Waals surface area contributed by atoms with Crippen molar-refractivity contribution in [1.29, 1.82) is 0 Å². The fourth-order valence-electron chi connectivity index (χ4n) is 4.14. The lowest BCUT2D eigenvalue weighted by atomic mass is 10.1. The van der Waals surface area contributed by atoms with Gasteiger partial charge in [-0.25, -0.2) is 10.5 Å². The van der Waals surface area contributed by atoms with E-state index >= 15 is 0 Å². The van der Waals surface area contributed by atoms with Crippen molar-refractivity contribution in [3.05, 3.63) is 53.7 Å². The van der Waals surface area contributed by atoms with Crippen molar-refractivity contribution in [3.8, 4) is 0 Å². The van der Waals surface area contributed by atoms with Gasteiger partial charge in [-0.2, -0.15) is 0 Å². The first-order valence-electron chi connectivity index (χ1n) is 10.7. The van der Waals surface area contributed by atoms with Crippen LogP contribution in [0.2, 0.25) is 0 Å². The molecule has 1 aliphatic heterocycles. The van der Waals surface area contributed by atoms with Crippen molar-refractivity contribution >= 4 is 17.4 Å². The van der Waals surface area contributed by atoms with Gasteiger partial charge < -0.3 is 10.2 Å². The number of nitrogens with zero attached hydrogens (tertiary/aromatic N) is 2. The number of para-hydroxylation sites is 1. The third kappa shape index (κ3) is 5.26. The molecule has 4 rings (SSSR count). The number of pyridine rings is 1. The van der Waals surface area contributed by atoms with Crippen LogP contribution in [0.5, 0.6) is 0 Å². The molecule has 154 valence electrons. The van der Waals surface area contributed by atoms with Crippen molar-refractivity contribution in [2.24, 2.45) is 5.92 Å². The van der Waals surface area contributed by atoms with Gasteiger partial charge in [0.1, 0.15) is 5.82 Å². The minimum atomic E-state index is -0.214. The molecule has 1 amide bonds. The van der Waals surface area contributed by atoms with Gasteiger partial charge in [0, 0.05) is 31.5 Å². The van der Waals surface area contributed by atoms with Crippen LogP contribution in [0.3, 0.4) is 0 Å². The second kappa shape index (κ2) is 9.74. The fourth-order valence-corrected chi connectivity index (χ4v) is 4.14. The molecule has 1 aliphatic carbocycles. The summed E-state index contributed by atoms with van der Waals surface area (Å²) in [4.78, 5) is 24.9. The van der Waals surface area contributed by atoms with Gasteiger partial charge in [-0.3, -0.25) is 9.63 Å². The molecule has 6 heteroatoms. The maximum atomic E-state index is 12.5. The summed E-state index contributed by atoms with van der Waals surface area (Å²) in [5.74, 6) is 1.40. The number of anilines is 2. The lowest BCUT2D eigenvalue weighted by Gasteiger charge is -2.17. The first kappa shape index (κ1) is 19.7. The molecule has 6 nitrogen and oxygen atoms in total. The van der Waals surface area contributed by atoms with Crippen molar-refractivity contribution in [2.75, 3.05) is 29.9 Å². The number of aromatic nitrogens is 1. The van der Waals surface area contributed by atoms with E-state index in [1.807, 2.05) is 30.5 Å². The molecule has 1 saturated carbocycles. The summed E-state index contributed by atoms with van der Waals surface area (Å²) in [6.45, 7) is 3.39. The highest BCUT2D eigenvalue weighted by Crippen LogP contribution is 2.24. The topological polar surface area (TPSA) is 66.5 Å². The summed E-state index contributed by atoms with van der Waals surface area (Å²) in [6, 6.07) is 11.7. The number of benzene rings is 1. The maximum absolute atomic E-state index is 12.5. The summed E-state index contributed by atoms with van der Waals surface area (Å²) in [5, 5.41) is 3.36. The Balaban J connectivity index is 1.31. The number of carbonyl (C=O) groups is 1. The quantitative estimate of drug-likeness (QED) is 0.659. The van der Waals surface area contributed by atoms with Crippen molar-refractivity contribution < 1.29 is 9.63 Å². The predicted octanol–water partition coefficient (Wildman–Crippen LogP) is 4.15. The maximum Gasteiger partial charge on any atom is 0.276 e. The van der Waals surface area contributed by atoms with Crippen molar-refractivity contribution in [2.45, 2.75) is 45.1 Å². The first-order valence-corrected chi connectivity index (χ1v) is 10.7. The second-order valence-electron chi connectivity index (χ2n) is 8.01. The predicted molar refractivity (Wildman–Crippen MR) is 115 cm³/mol. The Morgan fingerprint density at radius 3 is 2.62 bits per heavy atom. The molecule has 0 unspecified atom stereocenters. The van der Waals surface area contributed by atoms with Crippen LogP contribution >= 0.6 is 0 Å². The van der Waals surface area contributed by atoms with E-state index in [1.54, 1.807) is 0 Å². The minimum absolute atomic E-state index is 0.214. The number of carbonyl (C=O) groups excluding carboxylic acids is 1. The summed E-state index contributed by atoms with van der Waals surface area (Å²) in [7, 11) is 0. The van der Waals surface area contributed by atoms with E-state index in [-0.39, 0.29) is 5.91 Å². The number of hydroxylamine groups is 1. The average Bonchev–Trinajstić information content (AvgIpc) is 3.47. The third-order valence-electron chi connectivity index (χ3n) is 5.85. The average molecular weight is 395 g/mol. The summed E-state index contributed by atoms with van der Waals surface area (Å²) in [6.07, 6.45) is 9.32. The molecule has 0 spiro atoms. The molecule has 2 aliphatic rings. The van der Waals surface area contributed by atoms with Gasteiger partial charge in [0.05, 0.1) is 12.2 Å². The van der Waals surface area contributed by atoms with Gasteiger partial charge in [0.15, 0.2) is 0 Å². The summed E-state index contributed by atoms with van der Waals surface area (Å²) in [5.41, 5.74) is 5.06. The monoisotopic (exact) mass is 394 g/mol. The summed E-state index contributed by atoms with van der Waals surface area (Å²) >= 11 is 0. The SMILES string of the molecule is O=C(NOCC1CCCC1)c1ccccc1NCc1ccc(N2CCCC2)nc1. The van der Waals surface area contributed by atoms with Crippen molar-refractivity contribution in [1.82, 2.24) is 10.5 Å². The minimum Gasteiger partial charge on any atom is -0.380 e. The van der Waals surface area contributed by atoms with Gasteiger partial charge in [-0.1, -0.05) is 31.0 Å². The van der Waals surface area contributed by atoms with E-state index < -0.39 is 0 Å². The third-order valence-corrected chi connectivity index (χ3v) is 5.85. The Bertz CT molecular complexity index is 797. The van der Waals surface area contributed by atoms with E-state index in [4.69, 9.17) is 4.84 Å². The number of amides is 1. The van der Waals surface area contributed by atoms with E-state index in [2.05, 4.69) is 32.8 Å². The zero-order chi connectivity index (χ0) is 19.9. The number of rotatable bonds is 8. The van der Waals surface area contributed by atoms with Gasteiger partial charge >= 0.3 is 0 Å². The van der Waals surface area contributed by atoms with Gasteiger partial charge in [-0.05, 0) is 55.4 Å². The van der Waals surface area contributed by atoms with E-state index in [0.717, 1.165) is 30.2 Å². The standard InChI is InChI=1S/C23H30N4O2/c28-23(26-29-17-18-7-1-2-8-18)20-9-3-4-10-21(20)24-15-19-11-12-22(25-16-19)27-13-5-6-14-27/h3-4,9-12,16,18,24H,1-2,5-8,13-15,17H2,(H,26,28). The van der Waals surface area contributed by atoms with Gasteiger partial charge in [-0.15, -0.1) is 0 Å². The second-order valence-corrected chi connectivity index (χ2v) is 8.01. The number of nitrogens with one attached hydrogen (secondary N) is 2. The number of hydrogen-bond donors (Lipinski definition) is 2. The van der Waals surface area contributed by atoms with Crippen LogP contribution in [0.4, 0.5) is 11.5 Å². The van der Waals surface area contributed by atoms with Crippen LogP contribution in [0.15, 0.2) is 42.6 Å². The Labute approximate surface area is 172 Å². The normalized spacial score (nSPS) is 16.9. The van der Waals surface area contributed by atoms with Crippen molar-refractivity contribution in [3.63, 3.8) is 0 Å². The van der Waals surface area contributed by atoms with Crippen LogP contribution in [0.1, 0.15) is 54.4 Å². The Morgan fingerprint density at radius 2 is 1.86 bits per heavy atom. The molecule has 1 aromatic heterocycles. The molecule has 2 heterocycles. The molecule has 0 bridgehead atoms. The molecule has 2 fully saturated rings. The Kier molecular flexibility index (Phi) is 6.62. The Hall–Kier alpha value is -2.60. The molecular weight excluding hydrogens is 364 g/mol. The van der Waals surface area contributed by atoms with Crippen LogP contribution in [0.25, 0.3) is 0 Å². The lowest BCUT2D eigenvalue weighted by Crippen LogP contribution is -2.27. The molecule has 0 radical (unpaired) electrons. The van der Waals surface area contributed by atoms with Crippen LogP contribution in [-0.2, 0) is 11.4 Å². The molecule has 29 heavy (non-hydrogen) atoms. The smallest absolute Gasteiger partial charge is 0.276 e. The van der Waals surface area contributed by atoms with Crippen LogP contribution in [0, 0.1) is 5.92 Å². The molecule has 1 saturated heterocycles. The molecule has 2 N–H and O–H groups in total. The van der Waals surface area contributed by atoms with E-state index in [0.29, 0.717) is 24.6 Å². The fraction of sp³-hybridized carbons (Fsp3) is 0.478. The van der Waals surface area contributed by atoms with Crippen LogP contribution < -0.4 is 15.7 Å². The van der Waals surface area contributed by atoms with E-state index in [9.17, 15) is 4.79 Å². The van der Waals surface area contributed by atoms with E-state index in [1.165, 1.54) is 38.5 Å². The molecule has 1 aromatic carbocycles. The number of hydrogen-bond acceptors (Lipinski definition) is 5. The zero-order valence-electron chi connectivity index (χ0n) is 16.9. The molecule has 0 atom stereocenters. The highest BCUT2D eigenvalue weighted by molar-refractivity contribution is 5.98. The molecule has 2 aromatic rings. The Morgan fingerprint density at radius 1 is 1.07 bits per heavy atom. The van der Waals surface area contributed by atoms with Gasteiger partial charge in [0.2, 0.25) is 0 Å². The highest BCUT2D eigenvalue weighted by Gasteiger charge is 2.17. The highest BCUT2D eigenvalue weighted by atomic mass is 16.6. The van der Waals surface area contributed by atoms with Crippen LogP contribution in [-0.4, -0.2) is 30.6 Å². The van der Waals surface area contributed by atoms with Gasteiger partial charge in [0.25, 0.3) is 5.91 Å².